The van der Waals surface area contributed by atoms with Crippen LogP contribution in [0.4, 0.5) is 0 Å². The van der Waals surface area contributed by atoms with Crippen LogP contribution >= 0.6 is 0 Å². The maximum Gasteiger partial charge on any atom is 0.161 e. The van der Waals surface area contributed by atoms with E-state index in [2.05, 4.69) is 28.8 Å². The van der Waals surface area contributed by atoms with Crippen LogP contribution in [0, 0.1) is 0 Å². The van der Waals surface area contributed by atoms with E-state index in [0.717, 1.165) is 44.8 Å². The minimum atomic E-state index is -0.522. The molecule has 0 radical (unpaired) electrons. The summed E-state index contributed by atoms with van der Waals surface area (Å²) in [6.45, 7) is 7.31. The van der Waals surface area contributed by atoms with Crippen molar-refractivity contribution in [3.05, 3.63) is 23.8 Å². The van der Waals surface area contributed by atoms with Gasteiger partial charge in [-0.2, -0.15) is 0 Å². The lowest BCUT2D eigenvalue weighted by Crippen LogP contribution is -2.47. The molecule has 154 valence electrons. The van der Waals surface area contributed by atoms with Crippen molar-refractivity contribution in [2.75, 3.05) is 80.8 Å². The van der Waals surface area contributed by atoms with Gasteiger partial charge in [-0.1, -0.05) is 6.07 Å². The number of rotatable bonds is 11. The van der Waals surface area contributed by atoms with Crippen LogP contribution in [0.2, 0.25) is 0 Å². The van der Waals surface area contributed by atoms with Crippen molar-refractivity contribution in [2.45, 2.75) is 12.6 Å². The predicted molar refractivity (Wildman–Crippen MR) is 107 cm³/mol. The van der Waals surface area contributed by atoms with E-state index in [1.807, 2.05) is 18.2 Å². The summed E-state index contributed by atoms with van der Waals surface area (Å²) in [7, 11) is 7.53. The van der Waals surface area contributed by atoms with Crippen molar-refractivity contribution in [3.63, 3.8) is 0 Å². The topological polar surface area (TPSA) is 57.6 Å². The monoisotopic (exact) mass is 381 g/mol. The number of nitrogens with zero attached hydrogens (tertiary/aromatic N) is 3. The maximum absolute atomic E-state index is 10.4. The molecular formula is C20H35N3O4. The van der Waals surface area contributed by atoms with Gasteiger partial charge in [0.05, 0.1) is 13.7 Å². The third kappa shape index (κ3) is 7.63. The molecule has 1 fully saturated rings. The summed E-state index contributed by atoms with van der Waals surface area (Å²) in [5, 5.41) is 10.4. The van der Waals surface area contributed by atoms with Crippen molar-refractivity contribution in [2.24, 2.45) is 0 Å². The molecule has 7 heteroatoms. The number of piperazine rings is 1. The molecule has 1 aromatic carbocycles. The molecule has 0 aromatic heterocycles. The molecule has 1 N–H and O–H groups in total. The number of benzene rings is 1. The molecule has 0 saturated carbocycles. The Morgan fingerprint density at radius 2 is 1.89 bits per heavy atom. The Balaban J connectivity index is 1.86. The molecule has 1 heterocycles. The minimum absolute atomic E-state index is 0.256. The third-order valence-electron chi connectivity index (χ3n) is 4.85. The Bertz CT molecular complexity index is 550. The summed E-state index contributed by atoms with van der Waals surface area (Å²) in [6.07, 6.45) is -0.522. The van der Waals surface area contributed by atoms with Crippen LogP contribution in [-0.4, -0.2) is 107 Å². The van der Waals surface area contributed by atoms with E-state index < -0.39 is 6.10 Å². The van der Waals surface area contributed by atoms with Crippen molar-refractivity contribution in [3.8, 4) is 11.5 Å². The number of ether oxygens (including phenoxy) is 3. The fourth-order valence-electron chi connectivity index (χ4n) is 3.14. The van der Waals surface area contributed by atoms with Crippen LogP contribution in [0.25, 0.3) is 0 Å². The first-order valence-electron chi connectivity index (χ1n) is 9.58. The highest BCUT2D eigenvalue weighted by Gasteiger charge is 2.18. The van der Waals surface area contributed by atoms with Crippen LogP contribution in [-0.2, 0) is 11.3 Å². The lowest BCUT2D eigenvalue weighted by molar-refractivity contribution is 0.0497. The molecule has 0 unspecified atom stereocenters. The molecule has 1 saturated heterocycles. The zero-order chi connectivity index (χ0) is 19.6. The van der Waals surface area contributed by atoms with Gasteiger partial charge in [-0.25, -0.2) is 0 Å². The standard InChI is InChI=1S/C20H35N3O4/c1-21-7-9-23(10-8-21)15-18(24)16-27-20-13-17(5-6-19(20)26-4)14-22(2)11-12-25-3/h5-6,13,18,24H,7-12,14-16H2,1-4H3/t18-/m0/s1. The summed E-state index contributed by atoms with van der Waals surface area (Å²) in [5.41, 5.74) is 1.14. The molecule has 0 bridgehead atoms. The SMILES string of the molecule is COCCN(C)Cc1ccc(OC)c(OC[C@@H](O)CN2CCN(C)CC2)c1. The van der Waals surface area contributed by atoms with Gasteiger partial charge in [0, 0.05) is 52.9 Å². The molecule has 1 aliphatic heterocycles. The molecule has 1 aliphatic rings. The Hall–Kier alpha value is -1.38. The van der Waals surface area contributed by atoms with Gasteiger partial charge in [-0.05, 0) is 31.8 Å². The van der Waals surface area contributed by atoms with Gasteiger partial charge >= 0.3 is 0 Å². The summed E-state index contributed by atoms with van der Waals surface area (Å²) in [6, 6.07) is 5.95. The Kier molecular flexibility index (Phi) is 9.30. The highest BCUT2D eigenvalue weighted by atomic mass is 16.5. The average Bonchev–Trinajstić information content (AvgIpc) is 2.66. The number of aliphatic hydroxyl groups excluding tert-OH is 1. The third-order valence-corrected chi connectivity index (χ3v) is 4.85. The number of aliphatic hydroxyl groups is 1. The Labute approximate surface area is 163 Å². The van der Waals surface area contributed by atoms with E-state index in [0.29, 0.717) is 24.7 Å². The first-order valence-corrected chi connectivity index (χ1v) is 9.58. The quantitative estimate of drug-likeness (QED) is 0.607. The molecule has 2 rings (SSSR count). The van der Waals surface area contributed by atoms with Crippen molar-refractivity contribution < 1.29 is 19.3 Å². The van der Waals surface area contributed by atoms with Gasteiger partial charge in [-0.3, -0.25) is 9.80 Å². The molecule has 7 nitrogen and oxygen atoms in total. The first-order chi connectivity index (χ1) is 13.0. The smallest absolute Gasteiger partial charge is 0.161 e. The van der Waals surface area contributed by atoms with Gasteiger partial charge in [0.25, 0.3) is 0 Å². The maximum atomic E-state index is 10.4. The highest BCUT2D eigenvalue weighted by Crippen LogP contribution is 2.28. The normalized spacial score (nSPS) is 17.3. The molecular weight excluding hydrogens is 346 g/mol. The summed E-state index contributed by atoms with van der Waals surface area (Å²) in [5.74, 6) is 1.36. The van der Waals surface area contributed by atoms with Gasteiger partial charge < -0.3 is 24.2 Å². The van der Waals surface area contributed by atoms with Gasteiger partial charge in [-0.15, -0.1) is 0 Å². The fraction of sp³-hybridized carbons (Fsp3) is 0.700. The summed E-state index contributed by atoms with van der Waals surface area (Å²) in [4.78, 5) is 6.78. The zero-order valence-electron chi connectivity index (χ0n) is 17.2. The number of hydrogen-bond acceptors (Lipinski definition) is 7. The van der Waals surface area contributed by atoms with Gasteiger partial charge in [0.2, 0.25) is 0 Å². The molecule has 27 heavy (non-hydrogen) atoms. The second-order valence-corrected chi connectivity index (χ2v) is 7.28. The molecule has 1 aromatic rings. The van der Waals surface area contributed by atoms with Crippen LogP contribution in [0.5, 0.6) is 11.5 Å². The Morgan fingerprint density at radius 1 is 1.15 bits per heavy atom. The van der Waals surface area contributed by atoms with E-state index in [1.165, 1.54) is 0 Å². The Morgan fingerprint density at radius 3 is 2.56 bits per heavy atom. The van der Waals surface area contributed by atoms with Crippen molar-refractivity contribution in [1.29, 1.82) is 0 Å². The van der Waals surface area contributed by atoms with E-state index in [1.54, 1.807) is 14.2 Å². The lowest BCUT2D eigenvalue weighted by atomic mass is 10.2. The van der Waals surface area contributed by atoms with Crippen LogP contribution in [0.1, 0.15) is 5.56 Å². The fourth-order valence-corrected chi connectivity index (χ4v) is 3.14. The number of β-amino-alcohol motifs (C(OH)–C–C–N with tert-alkyl or cyclic N) is 1. The largest absolute Gasteiger partial charge is 0.493 e. The number of methoxy groups -OCH3 is 2. The van der Waals surface area contributed by atoms with E-state index in [-0.39, 0.29) is 6.61 Å². The second kappa shape index (κ2) is 11.5. The predicted octanol–water partition coefficient (Wildman–Crippen LogP) is 0.761. The van der Waals surface area contributed by atoms with Crippen LogP contribution < -0.4 is 9.47 Å². The lowest BCUT2D eigenvalue weighted by Gasteiger charge is -2.33. The molecule has 0 spiro atoms. The molecule has 1 atom stereocenters. The molecule has 0 amide bonds. The number of hydrogen-bond donors (Lipinski definition) is 1. The minimum Gasteiger partial charge on any atom is -0.493 e. The first kappa shape index (κ1) is 21.9. The van der Waals surface area contributed by atoms with E-state index in [4.69, 9.17) is 14.2 Å². The molecule has 0 aliphatic carbocycles. The summed E-state index contributed by atoms with van der Waals surface area (Å²) >= 11 is 0. The van der Waals surface area contributed by atoms with Crippen LogP contribution in [0.3, 0.4) is 0 Å². The number of likely N-dealkylation sites (N-methyl/N-ethyl adjacent to an activating group) is 2. The summed E-state index contributed by atoms with van der Waals surface area (Å²) < 4.78 is 16.4. The van der Waals surface area contributed by atoms with Gasteiger partial charge in [0.1, 0.15) is 12.7 Å². The van der Waals surface area contributed by atoms with E-state index >= 15 is 0 Å². The second-order valence-electron chi connectivity index (χ2n) is 7.28. The van der Waals surface area contributed by atoms with Crippen molar-refractivity contribution in [1.82, 2.24) is 14.7 Å². The van der Waals surface area contributed by atoms with Crippen LogP contribution in [0.15, 0.2) is 18.2 Å². The highest BCUT2D eigenvalue weighted by molar-refractivity contribution is 5.43. The van der Waals surface area contributed by atoms with Gasteiger partial charge in [0.15, 0.2) is 11.5 Å². The van der Waals surface area contributed by atoms with E-state index in [9.17, 15) is 5.11 Å². The van der Waals surface area contributed by atoms with Crippen molar-refractivity contribution >= 4 is 0 Å². The zero-order valence-corrected chi connectivity index (χ0v) is 17.2. The average molecular weight is 382 g/mol.